The Balaban J connectivity index is 1.90. The van der Waals surface area contributed by atoms with Crippen LogP contribution in [0.3, 0.4) is 0 Å². The van der Waals surface area contributed by atoms with Gasteiger partial charge in [0.15, 0.2) is 0 Å². The number of nitrogen functional groups attached to an aromatic ring is 1. The number of likely N-dealkylation sites (tertiary alicyclic amines) is 1. The third kappa shape index (κ3) is 2.29. The molecule has 0 radical (unpaired) electrons. The van der Waals surface area contributed by atoms with E-state index in [1.165, 1.54) is 10.4 Å². The first-order valence-electron chi connectivity index (χ1n) is 7.20. The molecule has 1 fully saturated rings. The maximum absolute atomic E-state index is 6.14. The van der Waals surface area contributed by atoms with Crippen LogP contribution in [0.5, 0.6) is 0 Å². The summed E-state index contributed by atoms with van der Waals surface area (Å²) in [6, 6.07) is 0. The predicted molar refractivity (Wildman–Crippen MR) is 84.9 cm³/mol. The van der Waals surface area contributed by atoms with Gasteiger partial charge >= 0.3 is 0 Å². The van der Waals surface area contributed by atoms with Crippen molar-refractivity contribution in [2.45, 2.75) is 34.2 Å². The highest BCUT2D eigenvalue weighted by molar-refractivity contribution is 7.18. The Morgan fingerprint density at radius 2 is 1.85 bits per heavy atom. The molecule has 1 aliphatic heterocycles. The van der Waals surface area contributed by atoms with E-state index in [9.17, 15) is 0 Å². The molecular weight excluding hydrogens is 268 g/mol. The highest BCUT2D eigenvalue weighted by atomic mass is 32.1. The minimum atomic E-state index is 0.632. The average Bonchev–Trinajstić information content (AvgIpc) is 2.81. The summed E-state index contributed by atoms with van der Waals surface area (Å²) in [5, 5.41) is 1.04. The number of rotatable bonds is 2. The van der Waals surface area contributed by atoms with Crippen molar-refractivity contribution in [3.63, 3.8) is 0 Å². The lowest BCUT2D eigenvalue weighted by molar-refractivity contribution is 0.308. The molecule has 0 aromatic carbocycles. The van der Waals surface area contributed by atoms with Gasteiger partial charge in [-0.2, -0.15) is 0 Å². The van der Waals surface area contributed by atoms with Crippen molar-refractivity contribution in [3.8, 4) is 0 Å². The molecule has 0 bridgehead atoms. The fourth-order valence-corrected chi connectivity index (χ4v) is 4.03. The quantitative estimate of drug-likeness (QED) is 0.924. The predicted octanol–water partition coefficient (Wildman–Crippen LogP) is 2.98. The summed E-state index contributed by atoms with van der Waals surface area (Å²) >= 11 is 1.72. The smallest absolute Gasteiger partial charge is 0.146 e. The average molecular weight is 290 g/mol. The summed E-state index contributed by atoms with van der Waals surface area (Å²) in [5.41, 5.74) is 7.36. The van der Waals surface area contributed by atoms with Crippen molar-refractivity contribution in [2.75, 3.05) is 18.8 Å². The van der Waals surface area contributed by atoms with Gasteiger partial charge in [0.1, 0.15) is 16.5 Å². The van der Waals surface area contributed by atoms with Crippen molar-refractivity contribution in [1.29, 1.82) is 0 Å². The molecule has 0 spiro atoms. The molecule has 2 N–H and O–H groups in total. The molecular formula is C15H22N4S. The van der Waals surface area contributed by atoms with Crippen molar-refractivity contribution in [1.82, 2.24) is 14.9 Å². The topological polar surface area (TPSA) is 55.0 Å². The SMILES string of the molecule is Cc1sc2nc(CN3CC(C)C(C)C3)nc(N)c2c1C. The summed E-state index contributed by atoms with van der Waals surface area (Å²) in [6.07, 6.45) is 0. The Bertz CT molecular complexity index is 639. The van der Waals surface area contributed by atoms with Crippen molar-refractivity contribution >= 4 is 27.4 Å². The molecule has 20 heavy (non-hydrogen) atoms. The van der Waals surface area contributed by atoms with Gasteiger partial charge in [-0.05, 0) is 31.2 Å². The molecule has 1 aliphatic rings. The van der Waals surface area contributed by atoms with Crippen LogP contribution in [0.4, 0.5) is 5.82 Å². The molecule has 3 rings (SSSR count). The lowest BCUT2D eigenvalue weighted by Crippen LogP contribution is -2.21. The monoisotopic (exact) mass is 290 g/mol. The third-order valence-corrected chi connectivity index (χ3v) is 5.63. The number of anilines is 1. The van der Waals surface area contributed by atoms with Crippen LogP contribution in [0.25, 0.3) is 10.2 Å². The summed E-state index contributed by atoms with van der Waals surface area (Å²) in [7, 11) is 0. The van der Waals surface area contributed by atoms with Crippen LogP contribution in [0, 0.1) is 25.7 Å². The number of aryl methyl sites for hydroxylation is 2. The second-order valence-corrected chi connectivity index (χ2v) is 7.34. The van der Waals surface area contributed by atoms with E-state index in [1.807, 2.05) is 0 Å². The van der Waals surface area contributed by atoms with Gasteiger partial charge in [0.2, 0.25) is 0 Å². The zero-order chi connectivity index (χ0) is 14.4. The van der Waals surface area contributed by atoms with Crippen LogP contribution >= 0.6 is 11.3 Å². The van der Waals surface area contributed by atoms with E-state index >= 15 is 0 Å². The number of hydrogen-bond donors (Lipinski definition) is 1. The Morgan fingerprint density at radius 1 is 1.20 bits per heavy atom. The molecule has 2 atom stereocenters. The Labute approximate surface area is 124 Å². The van der Waals surface area contributed by atoms with E-state index in [0.29, 0.717) is 5.82 Å². The fraction of sp³-hybridized carbons (Fsp3) is 0.600. The van der Waals surface area contributed by atoms with E-state index in [0.717, 1.165) is 47.5 Å². The number of thiophene rings is 1. The van der Waals surface area contributed by atoms with Gasteiger partial charge in [-0.1, -0.05) is 13.8 Å². The second-order valence-electron chi connectivity index (χ2n) is 6.14. The maximum atomic E-state index is 6.14. The van der Waals surface area contributed by atoms with Gasteiger partial charge in [0.25, 0.3) is 0 Å². The molecule has 3 heterocycles. The number of nitrogens with two attached hydrogens (primary N) is 1. The molecule has 1 saturated heterocycles. The fourth-order valence-electron chi connectivity index (χ4n) is 2.98. The first kappa shape index (κ1) is 13.8. The zero-order valence-corrected chi connectivity index (χ0v) is 13.4. The van der Waals surface area contributed by atoms with Gasteiger partial charge in [0.05, 0.1) is 11.9 Å². The number of hydrogen-bond acceptors (Lipinski definition) is 5. The van der Waals surface area contributed by atoms with Gasteiger partial charge in [-0.3, -0.25) is 4.90 Å². The molecule has 5 heteroatoms. The molecule has 4 nitrogen and oxygen atoms in total. The van der Waals surface area contributed by atoms with Crippen LogP contribution in [-0.2, 0) is 6.54 Å². The summed E-state index contributed by atoms with van der Waals surface area (Å²) in [5.74, 6) is 2.99. The second kappa shape index (κ2) is 4.97. The largest absolute Gasteiger partial charge is 0.383 e. The number of fused-ring (bicyclic) bond motifs is 1. The normalized spacial score (nSPS) is 23.8. The molecule has 0 amide bonds. The van der Waals surface area contributed by atoms with Crippen LogP contribution in [0.15, 0.2) is 0 Å². The number of aromatic nitrogens is 2. The Kier molecular flexibility index (Phi) is 3.42. The van der Waals surface area contributed by atoms with Gasteiger partial charge in [-0.15, -0.1) is 11.3 Å². The third-order valence-electron chi connectivity index (χ3n) is 4.53. The minimum absolute atomic E-state index is 0.632. The van der Waals surface area contributed by atoms with E-state index < -0.39 is 0 Å². The van der Waals surface area contributed by atoms with E-state index in [1.54, 1.807) is 11.3 Å². The minimum Gasteiger partial charge on any atom is -0.383 e. The molecule has 0 saturated carbocycles. The van der Waals surface area contributed by atoms with Gasteiger partial charge < -0.3 is 5.73 Å². The van der Waals surface area contributed by atoms with Crippen LogP contribution in [0.2, 0.25) is 0 Å². The van der Waals surface area contributed by atoms with Crippen molar-refractivity contribution < 1.29 is 0 Å². The Hall–Kier alpha value is -1.20. The lowest BCUT2D eigenvalue weighted by Gasteiger charge is -2.14. The molecule has 2 aromatic heterocycles. The zero-order valence-electron chi connectivity index (χ0n) is 12.6. The maximum Gasteiger partial charge on any atom is 0.146 e. The van der Waals surface area contributed by atoms with Crippen molar-refractivity contribution in [3.05, 3.63) is 16.3 Å². The molecule has 2 aromatic rings. The van der Waals surface area contributed by atoms with E-state index in [-0.39, 0.29) is 0 Å². The van der Waals surface area contributed by atoms with Gasteiger partial charge in [-0.25, -0.2) is 9.97 Å². The molecule has 2 unspecified atom stereocenters. The van der Waals surface area contributed by atoms with Crippen molar-refractivity contribution in [2.24, 2.45) is 11.8 Å². The molecule has 0 aliphatic carbocycles. The lowest BCUT2D eigenvalue weighted by atomic mass is 10.0. The first-order valence-corrected chi connectivity index (χ1v) is 8.01. The Morgan fingerprint density at radius 3 is 2.50 bits per heavy atom. The van der Waals surface area contributed by atoms with E-state index in [4.69, 9.17) is 10.7 Å². The molecule has 108 valence electrons. The first-order chi connectivity index (χ1) is 9.45. The summed E-state index contributed by atoms with van der Waals surface area (Å²) in [6.45, 7) is 11.9. The summed E-state index contributed by atoms with van der Waals surface area (Å²) < 4.78 is 0. The van der Waals surface area contributed by atoms with E-state index in [2.05, 4.69) is 37.6 Å². The van der Waals surface area contributed by atoms with Crippen LogP contribution in [0.1, 0.15) is 30.1 Å². The van der Waals surface area contributed by atoms with Gasteiger partial charge in [0, 0.05) is 18.0 Å². The highest BCUT2D eigenvalue weighted by Crippen LogP contribution is 2.32. The number of nitrogens with zero attached hydrogens (tertiary/aromatic N) is 3. The van der Waals surface area contributed by atoms with Crippen LogP contribution < -0.4 is 5.73 Å². The summed E-state index contributed by atoms with van der Waals surface area (Å²) in [4.78, 5) is 14.0. The standard InChI is InChI=1S/C15H22N4S/c1-8-5-19(6-9(8)2)7-12-17-14(16)13-10(3)11(4)20-15(13)18-12/h8-9H,5-7H2,1-4H3,(H2,16,17,18). The van der Waals surface area contributed by atoms with Crippen LogP contribution in [-0.4, -0.2) is 28.0 Å². The highest BCUT2D eigenvalue weighted by Gasteiger charge is 2.26.